The van der Waals surface area contributed by atoms with Crippen molar-refractivity contribution in [2.24, 2.45) is 0 Å². The Hall–Kier alpha value is -1.04. The molecule has 0 unspecified atom stereocenters. The van der Waals surface area contributed by atoms with Crippen LogP contribution in [0, 0.1) is 6.92 Å². The third-order valence-electron chi connectivity index (χ3n) is 1.77. The predicted octanol–water partition coefficient (Wildman–Crippen LogP) is 0.548. The highest BCUT2D eigenvalue weighted by Crippen LogP contribution is 1.99. The fourth-order valence-corrected chi connectivity index (χ4v) is 1.40. The van der Waals surface area contributed by atoms with Gasteiger partial charge in [0.05, 0.1) is 0 Å². The molecule has 1 heterocycles. The molecule has 5 nitrogen and oxygen atoms in total. The third-order valence-corrected chi connectivity index (χ3v) is 2.36. The second kappa shape index (κ2) is 4.99. The monoisotopic (exact) mass is 214 g/mol. The molecule has 0 fully saturated rings. The van der Waals surface area contributed by atoms with Gasteiger partial charge in [-0.3, -0.25) is 9.89 Å². The molecule has 0 aromatic carbocycles. The number of carbonyl (C=O) groups excluding carboxylic acids is 1. The summed E-state index contributed by atoms with van der Waals surface area (Å²) in [7, 11) is 1.75. The molecule has 0 aliphatic heterocycles. The van der Waals surface area contributed by atoms with Gasteiger partial charge >= 0.3 is 0 Å². The lowest BCUT2D eigenvalue weighted by molar-refractivity contribution is 0.0792. The smallest absolute Gasteiger partial charge is 0.293 e. The van der Waals surface area contributed by atoms with Crippen LogP contribution in [0.3, 0.4) is 0 Å². The van der Waals surface area contributed by atoms with E-state index in [2.05, 4.69) is 15.2 Å². The number of amides is 1. The van der Waals surface area contributed by atoms with E-state index in [4.69, 9.17) is 0 Å². The average molecular weight is 214 g/mol. The average Bonchev–Trinajstić information content (AvgIpc) is 2.60. The molecule has 14 heavy (non-hydrogen) atoms. The Morgan fingerprint density at radius 1 is 1.64 bits per heavy atom. The van der Waals surface area contributed by atoms with Crippen molar-refractivity contribution in [2.45, 2.75) is 6.92 Å². The fraction of sp³-hybridized carbons (Fsp3) is 0.625. The van der Waals surface area contributed by atoms with E-state index in [-0.39, 0.29) is 11.7 Å². The summed E-state index contributed by atoms with van der Waals surface area (Å²) < 4.78 is 0. The highest BCUT2D eigenvalue weighted by molar-refractivity contribution is 7.98. The molecule has 0 bridgehead atoms. The van der Waals surface area contributed by atoms with Crippen molar-refractivity contribution in [1.29, 1.82) is 0 Å². The lowest BCUT2D eigenvalue weighted by Gasteiger charge is -2.13. The van der Waals surface area contributed by atoms with Crippen molar-refractivity contribution in [1.82, 2.24) is 20.1 Å². The van der Waals surface area contributed by atoms with Crippen LogP contribution in [0.1, 0.15) is 16.4 Å². The van der Waals surface area contributed by atoms with Crippen molar-refractivity contribution in [3.63, 3.8) is 0 Å². The summed E-state index contributed by atoms with van der Waals surface area (Å²) in [5, 5.41) is 6.46. The van der Waals surface area contributed by atoms with E-state index < -0.39 is 0 Å². The second-order valence-corrected chi connectivity index (χ2v) is 3.95. The number of nitrogens with one attached hydrogen (secondary N) is 1. The van der Waals surface area contributed by atoms with E-state index in [0.29, 0.717) is 12.4 Å². The van der Waals surface area contributed by atoms with Crippen molar-refractivity contribution in [2.75, 3.05) is 25.6 Å². The Labute approximate surface area is 87.3 Å². The summed E-state index contributed by atoms with van der Waals surface area (Å²) in [5.41, 5.74) is 0. The van der Waals surface area contributed by atoms with Crippen LogP contribution >= 0.6 is 11.8 Å². The first-order chi connectivity index (χ1) is 6.65. The van der Waals surface area contributed by atoms with Crippen molar-refractivity contribution in [3.05, 3.63) is 11.6 Å². The van der Waals surface area contributed by atoms with Crippen LogP contribution in [0.15, 0.2) is 0 Å². The number of carbonyl (C=O) groups is 1. The summed E-state index contributed by atoms with van der Waals surface area (Å²) >= 11 is 1.71. The van der Waals surface area contributed by atoms with Gasteiger partial charge in [-0.2, -0.15) is 11.8 Å². The molecule has 1 N–H and O–H groups in total. The summed E-state index contributed by atoms with van der Waals surface area (Å²) in [6.45, 7) is 2.49. The van der Waals surface area contributed by atoms with Gasteiger partial charge in [-0.25, -0.2) is 4.98 Å². The molecule has 0 radical (unpaired) electrons. The number of hydrogen-bond acceptors (Lipinski definition) is 4. The lowest BCUT2D eigenvalue weighted by atomic mass is 10.5. The van der Waals surface area contributed by atoms with Crippen LogP contribution in [0.4, 0.5) is 0 Å². The van der Waals surface area contributed by atoms with Crippen molar-refractivity contribution >= 4 is 17.7 Å². The summed E-state index contributed by atoms with van der Waals surface area (Å²) in [6, 6.07) is 0. The van der Waals surface area contributed by atoms with Gasteiger partial charge in [-0.15, -0.1) is 5.10 Å². The molecular formula is C8H14N4OS. The maximum Gasteiger partial charge on any atom is 0.293 e. The number of aromatic amines is 1. The van der Waals surface area contributed by atoms with Gasteiger partial charge in [0.25, 0.3) is 5.91 Å². The predicted molar refractivity (Wildman–Crippen MR) is 56.5 cm³/mol. The highest BCUT2D eigenvalue weighted by atomic mass is 32.2. The van der Waals surface area contributed by atoms with E-state index in [0.717, 1.165) is 5.75 Å². The zero-order valence-corrected chi connectivity index (χ0v) is 9.39. The van der Waals surface area contributed by atoms with Gasteiger partial charge in [-0.05, 0) is 13.2 Å². The fourth-order valence-electron chi connectivity index (χ4n) is 0.939. The minimum atomic E-state index is -0.136. The van der Waals surface area contributed by atoms with Gasteiger partial charge in [0.15, 0.2) is 0 Å². The Balaban J connectivity index is 2.56. The molecule has 0 spiro atoms. The molecule has 0 atom stereocenters. The quantitative estimate of drug-likeness (QED) is 0.795. The van der Waals surface area contributed by atoms with Crippen molar-refractivity contribution < 1.29 is 4.79 Å². The largest absolute Gasteiger partial charge is 0.338 e. The van der Waals surface area contributed by atoms with Gasteiger partial charge in [0, 0.05) is 19.3 Å². The summed E-state index contributed by atoms with van der Waals surface area (Å²) in [6.07, 6.45) is 2.01. The molecule has 1 amide bonds. The number of hydrogen-bond donors (Lipinski definition) is 1. The zero-order valence-electron chi connectivity index (χ0n) is 8.57. The van der Waals surface area contributed by atoms with E-state index in [9.17, 15) is 4.79 Å². The van der Waals surface area contributed by atoms with Gasteiger partial charge < -0.3 is 4.90 Å². The van der Waals surface area contributed by atoms with Crippen LogP contribution in [0.25, 0.3) is 0 Å². The molecule has 0 saturated heterocycles. The first-order valence-corrected chi connectivity index (χ1v) is 5.68. The number of thioether (sulfide) groups is 1. The zero-order chi connectivity index (χ0) is 10.6. The van der Waals surface area contributed by atoms with Crippen LogP contribution in [0.2, 0.25) is 0 Å². The minimum absolute atomic E-state index is 0.136. The van der Waals surface area contributed by atoms with Crippen LogP contribution in [-0.2, 0) is 0 Å². The number of aromatic nitrogens is 3. The molecule has 1 aromatic heterocycles. The van der Waals surface area contributed by atoms with Crippen LogP contribution in [0.5, 0.6) is 0 Å². The van der Waals surface area contributed by atoms with Crippen LogP contribution < -0.4 is 0 Å². The van der Waals surface area contributed by atoms with E-state index in [1.807, 2.05) is 6.26 Å². The Kier molecular flexibility index (Phi) is 3.94. The van der Waals surface area contributed by atoms with E-state index in [1.54, 1.807) is 30.6 Å². The Bertz CT molecular complexity index is 312. The summed E-state index contributed by atoms with van der Waals surface area (Å²) in [4.78, 5) is 17.2. The van der Waals surface area contributed by atoms with Crippen LogP contribution in [-0.4, -0.2) is 51.6 Å². The molecule has 1 aromatic rings. The van der Waals surface area contributed by atoms with Gasteiger partial charge in [0.2, 0.25) is 5.82 Å². The number of H-pyrrole nitrogens is 1. The second-order valence-electron chi connectivity index (χ2n) is 2.96. The number of nitrogens with zero attached hydrogens (tertiary/aromatic N) is 3. The standard InChI is InChI=1S/C8H14N4OS/c1-6-9-7(11-10-6)8(13)12(2)4-5-14-3/h4-5H2,1-3H3,(H,9,10,11). The molecule has 6 heteroatoms. The van der Waals surface area contributed by atoms with E-state index in [1.165, 1.54) is 0 Å². The molecule has 78 valence electrons. The minimum Gasteiger partial charge on any atom is -0.338 e. The SMILES string of the molecule is CSCCN(C)C(=O)c1n[nH]c(C)n1. The van der Waals surface area contributed by atoms with Gasteiger partial charge in [0.1, 0.15) is 5.82 Å². The molecule has 0 aliphatic rings. The van der Waals surface area contributed by atoms with E-state index >= 15 is 0 Å². The van der Waals surface area contributed by atoms with Crippen molar-refractivity contribution in [3.8, 4) is 0 Å². The first kappa shape index (κ1) is 11.0. The topological polar surface area (TPSA) is 61.9 Å². The molecule has 0 saturated carbocycles. The molecule has 1 rings (SSSR count). The third kappa shape index (κ3) is 2.73. The number of rotatable bonds is 4. The normalized spacial score (nSPS) is 10.2. The first-order valence-electron chi connectivity index (χ1n) is 4.28. The maximum absolute atomic E-state index is 11.6. The van der Waals surface area contributed by atoms with Gasteiger partial charge in [-0.1, -0.05) is 0 Å². The Morgan fingerprint density at radius 3 is 2.86 bits per heavy atom. The lowest BCUT2D eigenvalue weighted by Crippen LogP contribution is -2.29. The highest BCUT2D eigenvalue weighted by Gasteiger charge is 2.15. The summed E-state index contributed by atoms with van der Waals surface area (Å²) in [5.74, 6) is 1.69. The maximum atomic E-state index is 11.6. The Morgan fingerprint density at radius 2 is 2.36 bits per heavy atom. The number of aryl methyl sites for hydroxylation is 1. The molecular weight excluding hydrogens is 200 g/mol. The molecule has 0 aliphatic carbocycles.